The van der Waals surface area contributed by atoms with Crippen LogP contribution in [0.2, 0.25) is 0 Å². The molecule has 96 valence electrons. The van der Waals surface area contributed by atoms with Crippen LogP contribution >= 0.6 is 0 Å². The molecule has 1 saturated carbocycles. The second kappa shape index (κ2) is 5.49. The van der Waals surface area contributed by atoms with Crippen molar-refractivity contribution in [1.82, 2.24) is 0 Å². The van der Waals surface area contributed by atoms with Crippen LogP contribution in [0.25, 0.3) is 5.57 Å². The summed E-state index contributed by atoms with van der Waals surface area (Å²) in [5, 5.41) is 10.8. The predicted molar refractivity (Wildman–Crippen MR) is 73.1 cm³/mol. The maximum atomic E-state index is 12.1. The first-order valence-electron chi connectivity index (χ1n) is 6.70. The summed E-state index contributed by atoms with van der Waals surface area (Å²) < 4.78 is 0. The van der Waals surface area contributed by atoms with E-state index in [1.807, 2.05) is 43.3 Å². The summed E-state index contributed by atoms with van der Waals surface area (Å²) in [5.74, 6) is -0.0303. The van der Waals surface area contributed by atoms with Gasteiger partial charge in [-0.1, -0.05) is 43.3 Å². The second-order valence-electron chi connectivity index (χ2n) is 4.88. The van der Waals surface area contributed by atoms with E-state index in [0.29, 0.717) is 12.8 Å². The lowest BCUT2D eigenvalue weighted by Gasteiger charge is -2.33. The summed E-state index contributed by atoms with van der Waals surface area (Å²) in [6.07, 6.45) is 5.65. The Kier molecular flexibility index (Phi) is 3.97. The van der Waals surface area contributed by atoms with E-state index in [-0.39, 0.29) is 5.78 Å². The summed E-state index contributed by atoms with van der Waals surface area (Å²) in [6.45, 7) is 2.03. The highest BCUT2D eigenvalue weighted by molar-refractivity contribution is 6.01. The fourth-order valence-electron chi connectivity index (χ4n) is 2.64. The van der Waals surface area contributed by atoms with Crippen LogP contribution in [0, 0.1) is 0 Å². The van der Waals surface area contributed by atoms with Crippen molar-refractivity contribution in [2.45, 2.75) is 44.6 Å². The molecule has 1 atom stereocenters. The first-order chi connectivity index (χ1) is 8.68. The molecule has 1 fully saturated rings. The Hall–Kier alpha value is -1.41. The highest BCUT2D eigenvalue weighted by Gasteiger charge is 2.41. The van der Waals surface area contributed by atoms with Crippen LogP contribution in [0.5, 0.6) is 0 Å². The van der Waals surface area contributed by atoms with Crippen LogP contribution < -0.4 is 0 Å². The number of hydrogen-bond donors (Lipinski definition) is 1. The van der Waals surface area contributed by atoms with E-state index in [1.165, 1.54) is 0 Å². The Morgan fingerprint density at radius 3 is 2.67 bits per heavy atom. The van der Waals surface area contributed by atoms with Gasteiger partial charge in [-0.3, -0.25) is 4.79 Å². The Morgan fingerprint density at radius 2 is 2.06 bits per heavy atom. The van der Waals surface area contributed by atoms with Gasteiger partial charge in [0, 0.05) is 6.42 Å². The third-order valence-corrected chi connectivity index (χ3v) is 3.59. The van der Waals surface area contributed by atoms with Crippen molar-refractivity contribution in [3.8, 4) is 0 Å². The molecule has 1 aliphatic carbocycles. The van der Waals surface area contributed by atoms with E-state index in [0.717, 1.165) is 30.4 Å². The Labute approximate surface area is 108 Å². The van der Waals surface area contributed by atoms with Crippen molar-refractivity contribution in [2.24, 2.45) is 0 Å². The molecule has 1 aromatic carbocycles. The number of rotatable bonds is 3. The van der Waals surface area contributed by atoms with Crippen molar-refractivity contribution in [1.29, 1.82) is 0 Å². The number of benzene rings is 1. The molecule has 1 unspecified atom stereocenters. The number of allylic oxidation sites excluding steroid dienone is 1. The van der Waals surface area contributed by atoms with Crippen molar-refractivity contribution in [3.05, 3.63) is 42.0 Å². The fraction of sp³-hybridized carbons (Fsp3) is 0.438. The Morgan fingerprint density at radius 1 is 1.33 bits per heavy atom. The van der Waals surface area contributed by atoms with E-state index < -0.39 is 5.60 Å². The molecule has 1 aliphatic rings. The van der Waals surface area contributed by atoms with Crippen LogP contribution in [0.3, 0.4) is 0 Å². The van der Waals surface area contributed by atoms with E-state index >= 15 is 0 Å². The zero-order valence-corrected chi connectivity index (χ0v) is 10.9. The maximum Gasteiger partial charge on any atom is 0.168 e. The van der Waals surface area contributed by atoms with Crippen LogP contribution in [-0.2, 0) is 4.79 Å². The fourth-order valence-corrected chi connectivity index (χ4v) is 2.64. The van der Waals surface area contributed by atoms with Gasteiger partial charge in [0.1, 0.15) is 5.60 Å². The quantitative estimate of drug-likeness (QED) is 0.885. The molecule has 0 aromatic heterocycles. The van der Waals surface area contributed by atoms with Crippen molar-refractivity contribution in [2.75, 3.05) is 0 Å². The summed E-state index contributed by atoms with van der Waals surface area (Å²) >= 11 is 0. The highest BCUT2D eigenvalue weighted by Crippen LogP contribution is 2.37. The normalized spacial score (nSPS) is 25.2. The van der Waals surface area contributed by atoms with Gasteiger partial charge in [0.25, 0.3) is 0 Å². The minimum absolute atomic E-state index is 0.0303. The van der Waals surface area contributed by atoms with Gasteiger partial charge in [-0.2, -0.15) is 0 Å². The van der Waals surface area contributed by atoms with Gasteiger partial charge < -0.3 is 5.11 Å². The lowest BCUT2D eigenvalue weighted by Crippen LogP contribution is -2.42. The van der Waals surface area contributed by atoms with Gasteiger partial charge in [-0.25, -0.2) is 0 Å². The lowest BCUT2D eigenvalue weighted by atomic mass is 9.75. The van der Waals surface area contributed by atoms with E-state index in [4.69, 9.17) is 0 Å². The maximum absolute atomic E-state index is 12.1. The molecule has 0 radical (unpaired) electrons. The van der Waals surface area contributed by atoms with Gasteiger partial charge in [0.05, 0.1) is 0 Å². The lowest BCUT2D eigenvalue weighted by molar-refractivity contribution is -0.134. The second-order valence-corrected chi connectivity index (χ2v) is 4.88. The van der Waals surface area contributed by atoms with Crippen molar-refractivity contribution < 1.29 is 9.90 Å². The topological polar surface area (TPSA) is 37.3 Å². The smallest absolute Gasteiger partial charge is 0.168 e. The Bertz CT molecular complexity index is 447. The van der Waals surface area contributed by atoms with Gasteiger partial charge in [-0.15, -0.1) is 0 Å². The summed E-state index contributed by atoms with van der Waals surface area (Å²) in [7, 11) is 0. The monoisotopic (exact) mass is 244 g/mol. The minimum Gasteiger partial charge on any atom is -0.377 e. The number of carbonyl (C=O) groups excluding carboxylic acids is 1. The van der Waals surface area contributed by atoms with E-state index in [9.17, 15) is 9.90 Å². The minimum atomic E-state index is -1.27. The SMILES string of the molecule is CC/C=C(/c1ccccc1)C1(O)CCCCC1=O. The molecule has 2 heteroatoms. The molecule has 0 saturated heterocycles. The number of hydrogen-bond acceptors (Lipinski definition) is 2. The number of ketones is 1. The number of aliphatic hydroxyl groups is 1. The number of carbonyl (C=O) groups is 1. The first-order valence-corrected chi connectivity index (χ1v) is 6.70. The predicted octanol–water partition coefficient (Wildman–Crippen LogP) is 3.35. The molecule has 18 heavy (non-hydrogen) atoms. The molecule has 1 N–H and O–H groups in total. The molecule has 0 amide bonds. The molecular formula is C16H20O2. The molecule has 2 nitrogen and oxygen atoms in total. The van der Waals surface area contributed by atoms with Crippen LogP contribution in [0.4, 0.5) is 0 Å². The average Bonchev–Trinajstić information content (AvgIpc) is 2.40. The summed E-state index contributed by atoms with van der Waals surface area (Å²) in [5.41, 5.74) is 0.475. The molecule has 0 bridgehead atoms. The van der Waals surface area contributed by atoms with Crippen LogP contribution in [0.1, 0.15) is 44.6 Å². The third kappa shape index (κ3) is 2.39. The van der Waals surface area contributed by atoms with Crippen LogP contribution in [-0.4, -0.2) is 16.5 Å². The van der Waals surface area contributed by atoms with E-state index in [1.54, 1.807) is 0 Å². The molecule has 0 aliphatic heterocycles. The van der Waals surface area contributed by atoms with Crippen molar-refractivity contribution in [3.63, 3.8) is 0 Å². The molecule has 2 rings (SSSR count). The largest absolute Gasteiger partial charge is 0.377 e. The van der Waals surface area contributed by atoms with Gasteiger partial charge in [0.15, 0.2) is 5.78 Å². The zero-order chi connectivity index (χ0) is 13.0. The van der Waals surface area contributed by atoms with Crippen LogP contribution in [0.15, 0.2) is 36.4 Å². The van der Waals surface area contributed by atoms with Gasteiger partial charge >= 0.3 is 0 Å². The summed E-state index contributed by atoms with van der Waals surface area (Å²) in [4.78, 5) is 12.1. The standard InChI is InChI=1S/C16H20O2/c1-2-8-14(13-9-4-3-5-10-13)16(18)12-7-6-11-15(16)17/h3-5,8-10,18H,2,6-7,11-12H2,1H3/b14-8-. The molecule has 0 heterocycles. The van der Waals surface area contributed by atoms with Gasteiger partial charge in [0.2, 0.25) is 0 Å². The molecular weight excluding hydrogens is 224 g/mol. The zero-order valence-electron chi connectivity index (χ0n) is 10.9. The number of Topliss-reactive ketones (excluding diaryl/α,β-unsaturated/α-hetero) is 1. The summed E-state index contributed by atoms with van der Waals surface area (Å²) in [6, 6.07) is 9.74. The molecule has 1 aromatic rings. The van der Waals surface area contributed by atoms with E-state index in [2.05, 4.69) is 0 Å². The van der Waals surface area contributed by atoms with Gasteiger partial charge in [-0.05, 0) is 36.8 Å². The highest BCUT2D eigenvalue weighted by atomic mass is 16.3. The first kappa shape index (κ1) is 13.0. The Balaban J connectivity index is 2.42. The third-order valence-electron chi connectivity index (χ3n) is 3.59. The molecule has 0 spiro atoms. The van der Waals surface area contributed by atoms with Crippen molar-refractivity contribution >= 4 is 11.4 Å². The average molecular weight is 244 g/mol.